The van der Waals surface area contributed by atoms with Crippen molar-refractivity contribution in [2.24, 2.45) is 4.99 Å². The summed E-state index contributed by atoms with van der Waals surface area (Å²) in [6.07, 6.45) is 4.35. The van der Waals surface area contributed by atoms with Crippen LogP contribution in [-0.2, 0) is 9.53 Å². The minimum atomic E-state index is -0.167. The second-order valence-electron chi connectivity index (χ2n) is 6.74. The Morgan fingerprint density at radius 3 is 2.62 bits per heavy atom. The van der Waals surface area contributed by atoms with E-state index in [1.165, 1.54) is 11.8 Å². The molecule has 3 rings (SSSR count). The summed E-state index contributed by atoms with van der Waals surface area (Å²) in [6.45, 7) is 8.50. The highest BCUT2D eigenvalue weighted by molar-refractivity contribution is 8.18. The largest absolute Gasteiger partial charge is 0.494 e. The van der Waals surface area contributed by atoms with Gasteiger partial charge in [0.2, 0.25) is 0 Å². The Morgan fingerprint density at radius 1 is 1.27 bits per heavy atom. The van der Waals surface area contributed by atoms with Gasteiger partial charge >= 0.3 is 0 Å². The van der Waals surface area contributed by atoms with Gasteiger partial charge in [0.1, 0.15) is 5.75 Å². The van der Waals surface area contributed by atoms with Crippen LogP contribution in [0.25, 0.3) is 6.08 Å². The molecule has 2 aliphatic heterocycles. The third-order valence-corrected chi connectivity index (χ3v) is 5.29. The number of ether oxygens (including phenoxy) is 2. The van der Waals surface area contributed by atoms with Crippen molar-refractivity contribution in [2.45, 2.75) is 45.8 Å². The average Bonchev–Trinajstić information content (AvgIpc) is 2.97. The molecular weight excluding hydrogens is 348 g/mol. The molecule has 0 aromatic heterocycles. The van der Waals surface area contributed by atoms with Gasteiger partial charge in [0.05, 0.1) is 23.7 Å². The van der Waals surface area contributed by atoms with E-state index in [4.69, 9.17) is 9.47 Å². The van der Waals surface area contributed by atoms with Gasteiger partial charge in [-0.25, -0.2) is 0 Å². The first-order chi connectivity index (χ1) is 12.5. The highest BCUT2D eigenvalue weighted by atomic mass is 32.2. The number of hydrogen-bond donors (Lipinski definition) is 0. The molecule has 1 saturated heterocycles. The van der Waals surface area contributed by atoms with Crippen molar-refractivity contribution >= 4 is 28.9 Å². The van der Waals surface area contributed by atoms with Crippen LogP contribution in [0.3, 0.4) is 0 Å². The van der Waals surface area contributed by atoms with E-state index in [0.717, 1.165) is 49.0 Å². The first kappa shape index (κ1) is 19.0. The fraction of sp³-hybridized carbons (Fsp3) is 0.500. The third kappa shape index (κ3) is 4.89. The predicted octanol–water partition coefficient (Wildman–Crippen LogP) is 3.95. The summed E-state index contributed by atoms with van der Waals surface area (Å²) < 4.78 is 11.4. The van der Waals surface area contributed by atoms with E-state index < -0.39 is 0 Å². The van der Waals surface area contributed by atoms with Gasteiger partial charge in [-0.3, -0.25) is 4.79 Å². The molecule has 140 valence electrons. The lowest BCUT2D eigenvalue weighted by atomic mass is 10.2. The Bertz CT molecular complexity index is 690. The van der Waals surface area contributed by atoms with Gasteiger partial charge in [-0.2, -0.15) is 4.99 Å². The molecule has 0 saturated carbocycles. The number of benzene rings is 1. The minimum absolute atomic E-state index is 0.144. The van der Waals surface area contributed by atoms with E-state index in [-0.39, 0.29) is 18.1 Å². The van der Waals surface area contributed by atoms with E-state index in [0.29, 0.717) is 4.91 Å². The molecule has 0 spiro atoms. The number of morpholine rings is 1. The number of unbranched alkanes of at least 4 members (excludes halogenated alkanes) is 1. The first-order valence-electron chi connectivity index (χ1n) is 9.21. The van der Waals surface area contributed by atoms with E-state index in [1.807, 2.05) is 44.2 Å². The molecule has 1 amide bonds. The monoisotopic (exact) mass is 374 g/mol. The van der Waals surface area contributed by atoms with Crippen LogP contribution in [0.4, 0.5) is 0 Å². The van der Waals surface area contributed by atoms with Crippen molar-refractivity contribution in [3.63, 3.8) is 0 Å². The third-order valence-electron chi connectivity index (χ3n) is 4.24. The quantitative estimate of drug-likeness (QED) is 0.577. The molecule has 0 radical (unpaired) electrons. The van der Waals surface area contributed by atoms with Gasteiger partial charge in [0.15, 0.2) is 5.17 Å². The number of carbonyl (C=O) groups is 1. The molecule has 0 N–H and O–H groups in total. The number of nitrogens with zero attached hydrogens (tertiary/aromatic N) is 2. The maximum Gasteiger partial charge on any atom is 0.286 e. The summed E-state index contributed by atoms with van der Waals surface area (Å²) in [5.41, 5.74) is 0.976. The zero-order valence-corrected chi connectivity index (χ0v) is 16.4. The Morgan fingerprint density at radius 2 is 1.96 bits per heavy atom. The molecule has 6 heteroatoms. The SMILES string of the molecule is CCCCOc1ccc(/C=C2\SC(N3C[C@@H](C)O[C@H](C)C3)=NC2=O)cc1. The summed E-state index contributed by atoms with van der Waals surface area (Å²) >= 11 is 1.45. The van der Waals surface area contributed by atoms with Gasteiger partial charge in [-0.15, -0.1) is 0 Å². The number of aliphatic imine (C=N–C) groups is 1. The minimum Gasteiger partial charge on any atom is -0.494 e. The number of carbonyl (C=O) groups excluding carboxylic acids is 1. The molecule has 0 unspecified atom stereocenters. The van der Waals surface area contributed by atoms with Crippen molar-refractivity contribution in [3.8, 4) is 5.75 Å². The highest BCUT2D eigenvalue weighted by Crippen LogP contribution is 2.31. The first-order valence-corrected chi connectivity index (χ1v) is 10.0. The summed E-state index contributed by atoms with van der Waals surface area (Å²) in [5.74, 6) is 0.694. The van der Waals surface area contributed by atoms with E-state index in [9.17, 15) is 4.79 Å². The van der Waals surface area contributed by atoms with Gasteiger partial charge in [0, 0.05) is 13.1 Å². The van der Waals surface area contributed by atoms with Crippen molar-refractivity contribution in [3.05, 3.63) is 34.7 Å². The average molecular weight is 375 g/mol. The normalized spacial score (nSPS) is 24.9. The summed E-state index contributed by atoms with van der Waals surface area (Å²) in [4.78, 5) is 19.3. The second-order valence-corrected chi connectivity index (χ2v) is 7.75. The fourth-order valence-electron chi connectivity index (χ4n) is 3.01. The van der Waals surface area contributed by atoms with Crippen LogP contribution in [0, 0.1) is 0 Å². The van der Waals surface area contributed by atoms with Crippen LogP contribution < -0.4 is 4.74 Å². The molecule has 2 heterocycles. The molecule has 0 bridgehead atoms. The van der Waals surface area contributed by atoms with Crippen LogP contribution in [0.2, 0.25) is 0 Å². The topological polar surface area (TPSA) is 51.1 Å². The van der Waals surface area contributed by atoms with Crippen LogP contribution >= 0.6 is 11.8 Å². The van der Waals surface area contributed by atoms with E-state index >= 15 is 0 Å². The molecule has 5 nitrogen and oxygen atoms in total. The molecule has 2 aliphatic rings. The van der Waals surface area contributed by atoms with Crippen LogP contribution in [0.1, 0.15) is 39.2 Å². The van der Waals surface area contributed by atoms with Crippen LogP contribution in [0.15, 0.2) is 34.2 Å². The number of thioether (sulfide) groups is 1. The molecule has 26 heavy (non-hydrogen) atoms. The standard InChI is InChI=1S/C20H26N2O3S/c1-4-5-10-24-17-8-6-16(7-9-17)11-18-19(23)21-20(26-18)22-12-14(2)25-15(3)13-22/h6-9,11,14-15H,4-5,10,12-13H2,1-3H3/b18-11-/t14-,15-/m1/s1. The molecule has 1 fully saturated rings. The summed E-state index contributed by atoms with van der Waals surface area (Å²) in [6, 6.07) is 7.83. The maximum absolute atomic E-state index is 12.3. The zero-order chi connectivity index (χ0) is 18.5. The molecule has 1 aromatic rings. The van der Waals surface area contributed by atoms with Crippen molar-refractivity contribution in [2.75, 3.05) is 19.7 Å². The van der Waals surface area contributed by atoms with E-state index in [1.54, 1.807) is 0 Å². The Labute approximate surface area is 159 Å². The van der Waals surface area contributed by atoms with Crippen molar-refractivity contribution < 1.29 is 14.3 Å². The van der Waals surface area contributed by atoms with Crippen molar-refractivity contribution in [1.82, 2.24) is 4.90 Å². The number of hydrogen-bond acceptors (Lipinski definition) is 5. The number of amidine groups is 1. The van der Waals surface area contributed by atoms with Crippen LogP contribution in [-0.4, -0.2) is 47.9 Å². The molecule has 0 aliphatic carbocycles. The number of rotatable bonds is 5. The lowest BCUT2D eigenvalue weighted by Gasteiger charge is -2.35. The van der Waals surface area contributed by atoms with Gasteiger partial charge in [-0.1, -0.05) is 25.5 Å². The Hall–Kier alpha value is -1.79. The van der Waals surface area contributed by atoms with Gasteiger partial charge < -0.3 is 14.4 Å². The van der Waals surface area contributed by atoms with Gasteiger partial charge in [0.25, 0.3) is 5.91 Å². The zero-order valence-electron chi connectivity index (χ0n) is 15.6. The Balaban J connectivity index is 1.63. The van der Waals surface area contributed by atoms with Gasteiger partial charge in [-0.05, 0) is 55.8 Å². The maximum atomic E-state index is 12.3. The smallest absolute Gasteiger partial charge is 0.286 e. The van der Waals surface area contributed by atoms with Crippen LogP contribution in [0.5, 0.6) is 5.75 Å². The fourth-order valence-corrected chi connectivity index (χ4v) is 3.94. The Kier molecular flexibility index (Phi) is 6.38. The van der Waals surface area contributed by atoms with Crippen molar-refractivity contribution in [1.29, 1.82) is 0 Å². The summed E-state index contributed by atoms with van der Waals surface area (Å²) in [5, 5.41) is 0.780. The molecule has 2 atom stereocenters. The van der Waals surface area contributed by atoms with E-state index in [2.05, 4.69) is 16.8 Å². The summed E-state index contributed by atoms with van der Waals surface area (Å²) in [7, 11) is 0. The second kappa shape index (κ2) is 8.73. The molecule has 1 aromatic carbocycles. The lowest BCUT2D eigenvalue weighted by Crippen LogP contribution is -2.47. The predicted molar refractivity (Wildman–Crippen MR) is 106 cm³/mol. The highest BCUT2D eigenvalue weighted by Gasteiger charge is 2.30. The number of amides is 1. The molecular formula is C20H26N2O3S. The lowest BCUT2D eigenvalue weighted by molar-refractivity contribution is -0.113.